The van der Waals surface area contributed by atoms with Gasteiger partial charge in [-0.3, -0.25) is 0 Å². The molecule has 1 N–H and O–H groups in total. The molecule has 0 amide bonds. The Kier molecular flexibility index (Phi) is 7.90. The second-order valence-electron chi connectivity index (χ2n) is 7.09. The van der Waals surface area contributed by atoms with Gasteiger partial charge < -0.3 is 14.6 Å². The third kappa shape index (κ3) is 5.89. The third-order valence-electron chi connectivity index (χ3n) is 4.71. The Morgan fingerprint density at radius 2 is 1.72 bits per heavy atom. The molecule has 0 saturated carbocycles. The fourth-order valence-electron chi connectivity index (χ4n) is 3.05. The predicted octanol–water partition coefficient (Wildman–Crippen LogP) is 6.34. The summed E-state index contributed by atoms with van der Waals surface area (Å²) in [6, 6.07) is 20.4. The van der Waals surface area contributed by atoms with Crippen LogP contribution in [0.15, 0.2) is 60.7 Å². The van der Waals surface area contributed by atoms with Crippen LogP contribution in [0.1, 0.15) is 39.5 Å². The number of allylic oxidation sites excluding steroid dienone is 1. The molecule has 0 heterocycles. The third-order valence-corrected chi connectivity index (χ3v) is 5.51. The highest BCUT2D eigenvalue weighted by Gasteiger charge is 2.13. The van der Waals surface area contributed by atoms with E-state index in [1.807, 2.05) is 50.2 Å². The molecule has 3 rings (SSSR count). The summed E-state index contributed by atoms with van der Waals surface area (Å²) in [4.78, 5) is 11.1. The monoisotopic (exact) mass is 539 g/mol. The van der Waals surface area contributed by atoms with E-state index in [1.54, 1.807) is 18.2 Å². The van der Waals surface area contributed by atoms with Crippen molar-refractivity contribution in [2.24, 2.45) is 0 Å². The molecule has 0 bridgehead atoms. The molecule has 3 aromatic rings. The van der Waals surface area contributed by atoms with Crippen LogP contribution in [0.2, 0.25) is 0 Å². The Bertz CT molecular complexity index is 1180. The van der Waals surface area contributed by atoms with Gasteiger partial charge in [0.1, 0.15) is 6.61 Å². The van der Waals surface area contributed by atoms with Crippen LogP contribution in [-0.2, 0) is 6.61 Å². The smallest absolute Gasteiger partial charge is 0.335 e. The molecule has 6 heteroatoms. The highest BCUT2D eigenvalue weighted by molar-refractivity contribution is 14.1. The molecule has 0 unspecified atom stereocenters. The van der Waals surface area contributed by atoms with Crippen LogP contribution in [0.5, 0.6) is 11.5 Å². The van der Waals surface area contributed by atoms with Gasteiger partial charge in [-0.15, -0.1) is 0 Å². The lowest BCUT2D eigenvalue weighted by molar-refractivity contribution is 0.0697. The van der Waals surface area contributed by atoms with E-state index in [4.69, 9.17) is 14.6 Å². The van der Waals surface area contributed by atoms with E-state index in [0.717, 1.165) is 14.7 Å². The molecular formula is C26H22INO4. The van der Waals surface area contributed by atoms with Crippen LogP contribution in [0.25, 0.3) is 11.6 Å². The molecule has 0 saturated heterocycles. The quantitative estimate of drug-likeness (QED) is 0.205. The molecule has 0 aromatic heterocycles. The number of aryl methyl sites for hydroxylation is 1. The Morgan fingerprint density at radius 3 is 2.31 bits per heavy atom. The summed E-state index contributed by atoms with van der Waals surface area (Å²) >= 11 is 2.20. The van der Waals surface area contributed by atoms with Crippen LogP contribution < -0.4 is 9.47 Å². The number of carboxylic acid groups (broad SMARTS) is 1. The van der Waals surface area contributed by atoms with E-state index in [0.29, 0.717) is 35.8 Å². The zero-order chi connectivity index (χ0) is 23.1. The number of halogens is 1. The predicted molar refractivity (Wildman–Crippen MR) is 133 cm³/mol. The van der Waals surface area contributed by atoms with Crippen molar-refractivity contribution in [3.05, 3.63) is 92.1 Å². The first-order chi connectivity index (χ1) is 15.4. The number of benzene rings is 3. The van der Waals surface area contributed by atoms with Gasteiger partial charge in [0, 0.05) is 0 Å². The van der Waals surface area contributed by atoms with Crippen LogP contribution in [0.3, 0.4) is 0 Å². The molecule has 0 spiro atoms. The second kappa shape index (κ2) is 10.8. The van der Waals surface area contributed by atoms with Gasteiger partial charge in [-0.05, 0) is 83.5 Å². The first kappa shape index (κ1) is 23.4. The number of hydrogen-bond acceptors (Lipinski definition) is 4. The van der Waals surface area contributed by atoms with E-state index in [9.17, 15) is 10.1 Å². The number of ether oxygens (including phenoxy) is 2. The van der Waals surface area contributed by atoms with Gasteiger partial charge in [-0.1, -0.05) is 42.0 Å². The molecule has 0 radical (unpaired) electrons. The molecule has 32 heavy (non-hydrogen) atoms. The molecular weight excluding hydrogens is 517 g/mol. The maximum absolute atomic E-state index is 11.1. The minimum atomic E-state index is -1.00. The maximum Gasteiger partial charge on any atom is 0.335 e. The van der Waals surface area contributed by atoms with E-state index < -0.39 is 5.97 Å². The summed E-state index contributed by atoms with van der Waals surface area (Å²) in [6.07, 6.45) is 1.75. The highest BCUT2D eigenvalue weighted by atomic mass is 127. The van der Waals surface area contributed by atoms with E-state index in [1.165, 1.54) is 17.7 Å². The topological polar surface area (TPSA) is 79.5 Å². The number of rotatable bonds is 8. The standard InChI is InChI=1S/C26H22INO4/c1-3-31-24-14-19(12-22(15-28)20-8-10-21(11-9-20)26(29)30)13-23(27)25(24)32-16-18-6-4-17(2)5-7-18/h4-14H,3,16H2,1-2H3,(H,29,30)/b22-12-. The molecule has 0 aliphatic heterocycles. The summed E-state index contributed by atoms with van der Waals surface area (Å²) in [5, 5.41) is 18.7. The van der Waals surface area contributed by atoms with Gasteiger partial charge in [0.2, 0.25) is 0 Å². The van der Waals surface area contributed by atoms with Gasteiger partial charge in [0.25, 0.3) is 0 Å². The zero-order valence-corrected chi connectivity index (χ0v) is 19.9. The van der Waals surface area contributed by atoms with Gasteiger partial charge in [-0.2, -0.15) is 5.26 Å². The summed E-state index contributed by atoms with van der Waals surface area (Å²) in [5.74, 6) is 0.266. The first-order valence-corrected chi connectivity index (χ1v) is 11.1. The van der Waals surface area contributed by atoms with Crippen molar-refractivity contribution >= 4 is 40.2 Å². The van der Waals surface area contributed by atoms with Gasteiger partial charge in [0.05, 0.1) is 27.4 Å². The van der Waals surface area contributed by atoms with Crippen molar-refractivity contribution in [3.8, 4) is 17.6 Å². The average Bonchev–Trinajstić information content (AvgIpc) is 2.78. The van der Waals surface area contributed by atoms with Crippen molar-refractivity contribution in [2.75, 3.05) is 6.61 Å². The minimum Gasteiger partial charge on any atom is -0.490 e. The number of carbonyl (C=O) groups is 1. The lowest BCUT2D eigenvalue weighted by atomic mass is 10.0. The number of aromatic carboxylic acids is 1. The van der Waals surface area contributed by atoms with Crippen LogP contribution in [-0.4, -0.2) is 17.7 Å². The average molecular weight is 539 g/mol. The number of carboxylic acids is 1. The lowest BCUT2D eigenvalue weighted by Crippen LogP contribution is -2.02. The van der Waals surface area contributed by atoms with E-state index in [2.05, 4.69) is 28.7 Å². The summed E-state index contributed by atoms with van der Waals surface area (Å²) in [5.41, 5.74) is 4.29. The fourth-order valence-corrected chi connectivity index (χ4v) is 3.83. The Morgan fingerprint density at radius 1 is 1.06 bits per heavy atom. The number of nitrogens with zero attached hydrogens (tertiary/aromatic N) is 1. The SMILES string of the molecule is CCOc1cc(/C=C(/C#N)c2ccc(C(=O)O)cc2)cc(I)c1OCc1ccc(C)cc1. The highest BCUT2D eigenvalue weighted by Crippen LogP contribution is 2.36. The van der Waals surface area contributed by atoms with Gasteiger partial charge in [0.15, 0.2) is 11.5 Å². The van der Waals surface area contributed by atoms with Crippen molar-refractivity contribution in [3.63, 3.8) is 0 Å². The summed E-state index contributed by atoms with van der Waals surface area (Å²) in [6.45, 7) is 4.85. The summed E-state index contributed by atoms with van der Waals surface area (Å²) < 4.78 is 12.8. The molecule has 0 atom stereocenters. The van der Waals surface area contributed by atoms with Crippen LogP contribution >= 0.6 is 22.6 Å². The molecule has 3 aromatic carbocycles. The lowest BCUT2D eigenvalue weighted by Gasteiger charge is -2.15. The largest absolute Gasteiger partial charge is 0.490 e. The number of nitriles is 1. The Hall–Kier alpha value is -3.31. The Labute approximate surface area is 201 Å². The molecule has 0 aliphatic rings. The molecule has 0 fully saturated rings. The van der Waals surface area contributed by atoms with Gasteiger partial charge >= 0.3 is 5.97 Å². The van der Waals surface area contributed by atoms with Gasteiger partial charge in [-0.25, -0.2) is 4.79 Å². The van der Waals surface area contributed by atoms with E-state index in [-0.39, 0.29) is 5.56 Å². The maximum atomic E-state index is 11.1. The molecule has 5 nitrogen and oxygen atoms in total. The fraction of sp³-hybridized carbons (Fsp3) is 0.154. The van der Waals surface area contributed by atoms with Crippen molar-refractivity contribution < 1.29 is 19.4 Å². The number of hydrogen-bond donors (Lipinski definition) is 1. The van der Waals surface area contributed by atoms with Crippen molar-refractivity contribution in [1.29, 1.82) is 5.26 Å². The van der Waals surface area contributed by atoms with Crippen molar-refractivity contribution in [2.45, 2.75) is 20.5 Å². The van der Waals surface area contributed by atoms with Crippen molar-refractivity contribution in [1.82, 2.24) is 0 Å². The summed E-state index contributed by atoms with van der Waals surface area (Å²) in [7, 11) is 0. The minimum absolute atomic E-state index is 0.175. The molecule has 0 aliphatic carbocycles. The first-order valence-electron chi connectivity index (χ1n) is 10.0. The van der Waals surface area contributed by atoms with E-state index >= 15 is 0 Å². The zero-order valence-electron chi connectivity index (χ0n) is 17.8. The second-order valence-corrected chi connectivity index (χ2v) is 8.25. The Balaban J connectivity index is 1.90. The molecule has 162 valence electrons. The van der Waals surface area contributed by atoms with Crippen LogP contribution in [0.4, 0.5) is 0 Å². The van der Waals surface area contributed by atoms with Crippen LogP contribution in [0, 0.1) is 21.8 Å². The normalized spacial score (nSPS) is 11.0.